The van der Waals surface area contributed by atoms with Crippen LogP contribution in [0.25, 0.3) is 33.3 Å². The molecule has 0 spiro atoms. The fourth-order valence-corrected chi connectivity index (χ4v) is 3.70. The molecule has 0 atom stereocenters. The van der Waals surface area contributed by atoms with Crippen molar-refractivity contribution in [3.05, 3.63) is 65.0 Å². The van der Waals surface area contributed by atoms with Crippen molar-refractivity contribution in [3.8, 4) is 11.4 Å². The van der Waals surface area contributed by atoms with Crippen LogP contribution in [0.15, 0.2) is 59.4 Å². The van der Waals surface area contributed by atoms with E-state index in [1.165, 1.54) is 0 Å². The number of aromatic nitrogens is 3. The molecule has 7 heteroatoms. The van der Waals surface area contributed by atoms with Crippen LogP contribution in [-0.2, 0) is 4.74 Å². The Bertz CT molecular complexity index is 1210. The van der Waals surface area contributed by atoms with Gasteiger partial charge in [0.25, 0.3) is 5.56 Å². The molecule has 1 N–H and O–H groups in total. The molecule has 1 aliphatic rings. The summed E-state index contributed by atoms with van der Waals surface area (Å²) in [6, 6.07) is 17.3. The fraction of sp³-hybridized carbons (Fsp3) is 0.273. The summed E-state index contributed by atoms with van der Waals surface area (Å²) in [4.78, 5) is 28.9. The number of hydrogen-bond donors (Lipinski definition) is 1. The first-order valence-electron chi connectivity index (χ1n) is 9.83. The number of imidazole rings is 1. The second-order valence-corrected chi connectivity index (χ2v) is 7.11. The third-order valence-electron chi connectivity index (χ3n) is 5.25. The van der Waals surface area contributed by atoms with E-state index in [9.17, 15) is 4.79 Å². The van der Waals surface area contributed by atoms with Gasteiger partial charge in [-0.25, -0.2) is 4.98 Å². The van der Waals surface area contributed by atoms with E-state index in [1.807, 2.05) is 54.6 Å². The van der Waals surface area contributed by atoms with Crippen LogP contribution in [0.4, 0.5) is 0 Å². The molecule has 148 valence electrons. The second kappa shape index (κ2) is 7.69. The minimum atomic E-state index is -0.183. The lowest BCUT2D eigenvalue weighted by atomic mass is 10.1. The lowest BCUT2D eigenvalue weighted by molar-refractivity contribution is 0.0195. The molecule has 4 aromatic rings. The van der Waals surface area contributed by atoms with Crippen LogP contribution >= 0.6 is 0 Å². The predicted molar refractivity (Wildman–Crippen MR) is 112 cm³/mol. The van der Waals surface area contributed by atoms with Crippen LogP contribution < -0.4 is 10.4 Å². The Hall–Kier alpha value is -3.16. The van der Waals surface area contributed by atoms with Gasteiger partial charge in [0.05, 0.1) is 24.3 Å². The first-order valence-corrected chi connectivity index (χ1v) is 9.83. The monoisotopic (exact) mass is 390 g/mol. The summed E-state index contributed by atoms with van der Waals surface area (Å²) in [5.74, 6) is 0.514. The zero-order valence-corrected chi connectivity index (χ0v) is 16.0. The number of nitrogens with one attached hydrogen (secondary N) is 1. The van der Waals surface area contributed by atoms with Crippen LogP contribution in [0.5, 0.6) is 0 Å². The Kier molecular flexibility index (Phi) is 4.75. The molecule has 0 aliphatic carbocycles. The summed E-state index contributed by atoms with van der Waals surface area (Å²) in [7, 11) is 0. The molecule has 0 amide bonds. The van der Waals surface area contributed by atoms with E-state index < -0.39 is 0 Å². The highest BCUT2D eigenvalue weighted by atomic mass is 16.7. The lowest BCUT2D eigenvalue weighted by Crippen LogP contribution is -2.39. The van der Waals surface area contributed by atoms with Gasteiger partial charge < -0.3 is 14.6 Å². The number of aromatic amines is 1. The van der Waals surface area contributed by atoms with Crippen molar-refractivity contribution in [1.29, 1.82) is 0 Å². The molecule has 1 aliphatic heterocycles. The topological polar surface area (TPSA) is 72.4 Å². The summed E-state index contributed by atoms with van der Waals surface area (Å²) in [5.41, 5.74) is 2.75. The van der Waals surface area contributed by atoms with Gasteiger partial charge in [0.15, 0.2) is 5.82 Å². The van der Waals surface area contributed by atoms with Crippen molar-refractivity contribution < 1.29 is 9.57 Å². The maximum Gasteiger partial charge on any atom is 0.259 e. The minimum absolute atomic E-state index is 0.183. The molecule has 3 heterocycles. The maximum absolute atomic E-state index is 12.8. The summed E-state index contributed by atoms with van der Waals surface area (Å²) in [6.45, 7) is 4.62. The maximum atomic E-state index is 12.8. The molecule has 2 aromatic carbocycles. The Morgan fingerprint density at radius 1 is 1.07 bits per heavy atom. The van der Waals surface area contributed by atoms with E-state index in [-0.39, 0.29) is 5.56 Å². The Morgan fingerprint density at radius 2 is 1.86 bits per heavy atom. The van der Waals surface area contributed by atoms with Gasteiger partial charge in [-0.05, 0) is 29.7 Å². The van der Waals surface area contributed by atoms with Gasteiger partial charge in [0.1, 0.15) is 12.1 Å². The van der Waals surface area contributed by atoms with E-state index in [1.54, 1.807) is 4.73 Å². The lowest BCUT2D eigenvalue weighted by Gasteiger charge is -2.26. The molecule has 2 aromatic heterocycles. The molecule has 1 saturated heterocycles. The molecule has 29 heavy (non-hydrogen) atoms. The number of fused-ring (bicyclic) bond motifs is 2. The van der Waals surface area contributed by atoms with Gasteiger partial charge in [0.2, 0.25) is 0 Å². The van der Waals surface area contributed by atoms with Crippen LogP contribution in [-0.4, -0.2) is 59.1 Å². The minimum Gasteiger partial charge on any atom is -0.410 e. The first kappa shape index (κ1) is 17.9. The molecule has 0 radical (unpaired) electrons. The number of H-pyrrole nitrogens is 1. The van der Waals surface area contributed by atoms with Crippen LogP contribution in [0.2, 0.25) is 0 Å². The summed E-state index contributed by atoms with van der Waals surface area (Å²) in [5, 5.41) is 0.953. The van der Waals surface area contributed by atoms with Crippen molar-refractivity contribution in [3.63, 3.8) is 0 Å². The highest BCUT2D eigenvalue weighted by molar-refractivity contribution is 5.85. The van der Waals surface area contributed by atoms with Gasteiger partial charge in [0, 0.05) is 25.2 Å². The van der Waals surface area contributed by atoms with E-state index in [0.717, 1.165) is 54.8 Å². The van der Waals surface area contributed by atoms with Gasteiger partial charge in [-0.15, -0.1) is 0 Å². The number of hydrogen-bond acceptors (Lipinski definition) is 5. The van der Waals surface area contributed by atoms with Crippen molar-refractivity contribution in [2.75, 3.05) is 39.5 Å². The third-order valence-corrected chi connectivity index (χ3v) is 5.25. The summed E-state index contributed by atoms with van der Waals surface area (Å²) < 4.78 is 7.09. The summed E-state index contributed by atoms with van der Waals surface area (Å²) in [6.07, 6.45) is 0. The number of nitrogens with zero attached hydrogens (tertiary/aromatic N) is 3. The highest BCUT2D eigenvalue weighted by Crippen LogP contribution is 2.23. The quantitative estimate of drug-likeness (QED) is 0.566. The standard InChI is InChI=1S/C22H22N4O3/c27-22-17(15-16-5-1-2-6-18(16)24-22)21-23-19-7-3-4-8-20(19)26(21)29-14-11-25-9-12-28-13-10-25/h1-8,15H,9-14H2,(H,24,27). The van der Waals surface area contributed by atoms with Crippen LogP contribution in [0, 0.1) is 0 Å². The molecule has 1 fully saturated rings. The number of benzene rings is 2. The number of rotatable bonds is 5. The number of pyridine rings is 1. The van der Waals surface area contributed by atoms with Crippen molar-refractivity contribution in [2.45, 2.75) is 0 Å². The van der Waals surface area contributed by atoms with E-state index >= 15 is 0 Å². The van der Waals surface area contributed by atoms with Gasteiger partial charge in [-0.2, -0.15) is 4.73 Å². The Labute approximate surface area is 167 Å². The molecular formula is C22H22N4O3. The normalized spacial score (nSPS) is 15.2. The van der Waals surface area contributed by atoms with E-state index in [0.29, 0.717) is 18.0 Å². The van der Waals surface area contributed by atoms with Crippen molar-refractivity contribution in [1.82, 2.24) is 19.6 Å². The van der Waals surface area contributed by atoms with E-state index in [4.69, 9.17) is 14.6 Å². The van der Waals surface area contributed by atoms with Gasteiger partial charge in [-0.1, -0.05) is 30.3 Å². The zero-order chi connectivity index (χ0) is 19.6. The molecule has 0 bridgehead atoms. The van der Waals surface area contributed by atoms with E-state index in [2.05, 4.69) is 9.88 Å². The second-order valence-electron chi connectivity index (χ2n) is 7.11. The van der Waals surface area contributed by atoms with Crippen LogP contribution in [0.3, 0.4) is 0 Å². The van der Waals surface area contributed by atoms with Crippen molar-refractivity contribution in [2.24, 2.45) is 0 Å². The molecular weight excluding hydrogens is 368 g/mol. The Balaban J connectivity index is 1.52. The molecule has 5 rings (SSSR count). The molecule has 7 nitrogen and oxygen atoms in total. The molecule has 0 unspecified atom stereocenters. The average Bonchev–Trinajstić information content (AvgIpc) is 3.12. The first-order chi connectivity index (χ1) is 14.3. The third kappa shape index (κ3) is 3.50. The van der Waals surface area contributed by atoms with Crippen LogP contribution in [0.1, 0.15) is 0 Å². The SMILES string of the molecule is O=c1[nH]c2ccccc2cc1-c1nc2ccccc2n1OCCN1CCOCC1. The number of morpholine rings is 1. The zero-order valence-electron chi connectivity index (χ0n) is 16.0. The smallest absolute Gasteiger partial charge is 0.259 e. The average molecular weight is 390 g/mol. The Morgan fingerprint density at radius 3 is 2.76 bits per heavy atom. The van der Waals surface area contributed by atoms with Gasteiger partial charge >= 0.3 is 0 Å². The van der Waals surface area contributed by atoms with Crippen molar-refractivity contribution >= 4 is 21.9 Å². The highest BCUT2D eigenvalue weighted by Gasteiger charge is 2.18. The van der Waals surface area contributed by atoms with Gasteiger partial charge in [-0.3, -0.25) is 9.69 Å². The fourth-order valence-electron chi connectivity index (χ4n) is 3.70. The molecule has 0 saturated carbocycles. The number of ether oxygens (including phenoxy) is 1. The largest absolute Gasteiger partial charge is 0.410 e. The predicted octanol–water partition coefficient (Wildman–Crippen LogP) is 2.31. The number of para-hydroxylation sites is 3. The summed E-state index contributed by atoms with van der Waals surface area (Å²) >= 11 is 0.